The first-order valence-corrected chi connectivity index (χ1v) is 7.92. The van der Waals surface area contributed by atoms with Gasteiger partial charge in [-0.15, -0.1) is 24.0 Å². The van der Waals surface area contributed by atoms with E-state index in [1.54, 1.807) is 26.3 Å². The van der Waals surface area contributed by atoms with Gasteiger partial charge in [-0.3, -0.25) is 15.1 Å². The zero-order chi connectivity index (χ0) is 17.8. The summed E-state index contributed by atoms with van der Waals surface area (Å²) in [5.41, 5.74) is 0.929. The highest BCUT2D eigenvalue weighted by molar-refractivity contribution is 14.0. The summed E-state index contributed by atoms with van der Waals surface area (Å²) >= 11 is 0. The third-order valence-electron chi connectivity index (χ3n) is 3.48. The van der Waals surface area contributed by atoms with E-state index < -0.39 is 4.92 Å². The summed E-state index contributed by atoms with van der Waals surface area (Å²) in [4.78, 5) is 16.8. The molecule has 0 fully saturated rings. The van der Waals surface area contributed by atoms with Crippen LogP contribution in [0.4, 0.5) is 5.69 Å². The molecule has 8 nitrogen and oxygen atoms in total. The minimum atomic E-state index is -0.393. The lowest BCUT2D eigenvalue weighted by Crippen LogP contribution is -2.40. The maximum Gasteiger partial charge on any atom is 0.269 e. The van der Waals surface area contributed by atoms with E-state index in [0.717, 1.165) is 38.2 Å². The van der Waals surface area contributed by atoms with E-state index in [-0.39, 0.29) is 29.7 Å². The van der Waals surface area contributed by atoms with E-state index in [1.807, 2.05) is 6.07 Å². The first-order valence-electron chi connectivity index (χ1n) is 7.92. The number of nitrogens with zero attached hydrogens (tertiary/aromatic N) is 3. The summed E-state index contributed by atoms with van der Waals surface area (Å²) in [6, 6.07) is 6.57. The number of aliphatic imine (C=N–C) groups is 1. The fraction of sp³-hybridized carbons (Fsp3) is 0.562. The van der Waals surface area contributed by atoms with Gasteiger partial charge in [0.25, 0.3) is 5.69 Å². The Morgan fingerprint density at radius 1 is 1.36 bits per heavy atom. The largest absolute Gasteiger partial charge is 0.385 e. The van der Waals surface area contributed by atoms with Crippen LogP contribution >= 0.6 is 24.0 Å². The lowest BCUT2D eigenvalue weighted by molar-refractivity contribution is -0.384. The fourth-order valence-electron chi connectivity index (χ4n) is 2.14. The van der Waals surface area contributed by atoms with Gasteiger partial charge in [0.05, 0.1) is 4.92 Å². The number of hydrogen-bond donors (Lipinski definition) is 2. The van der Waals surface area contributed by atoms with Crippen LogP contribution in [0.3, 0.4) is 0 Å². The van der Waals surface area contributed by atoms with Gasteiger partial charge in [-0.05, 0) is 19.0 Å². The smallest absolute Gasteiger partial charge is 0.269 e. The number of rotatable bonds is 10. The molecule has 0 saturated carbocycles. The normalized spacial score (nSPS) is 11.1. The average Bonchev–Trinajstić information content (AvgIpc) is 2.58. The summed E-state index contributed by atoms with van der Waals surface area (Å²) in [5, 5.41) is 17.2. The molecular formula is C16H28IN5O3. The van der Waals surface area contributed by atoms with Crippen molar-refractivity contribution in [2.75, 3.05) is 47.4 Å². The zero-order valence-electron chi connectivity index (χ0n) is 15.0. The predicted molar refractivity (Wildman–Crippen MR) is 111 cm³/mol. The van der Waals surface area contributed by atoms with E-state index >= 15 is 0 Å². The van der Waals surface area contributed by atoms with Crippen LogP contribution in [0.25, 0.3) is 0 Å². The number of benzene rings is 1. The molecule has 0 saturated heterocycles. The minimum absolute atomic E-state index is 0. The number of methoxy groups -OCH3 is 1. The van der Waals surface area contributed by atoms with Gasteiger partial charge in [0.1, 0.15) is 0 Å². The highest BCUT2D eigenvalue weighted by Gasteiger charge is 2.06. The molecule has 9 heteroatoms. The van der Waals surface area contributed by atoms with Crippen molar-refractivity contribution < 1.29 is 9.66 Å². The van der Waals surface area contributed by atoms with Crippen molar-refractivity contribution in [1.29, 1.82) is 0 Å². The molecule has 0 unspecified atom stereocenters. The van der Waals surface area contributed by atoms with Gasteiger partial charge in [-0.1, -0.05) is 12.1 Å². The van der Waals surface area contributed by atoms with Gasteiger partial charge >= 0.3 is 0 Å². The SMILES string of the molecule is CN=C(NCCN(C)CCCOC)NCc1cccc([N+](=O)[O-])c1.I. The van der Waals surface area contributed by atoms with E-state index in [9.17, 15) is 10.1 Å². The molecule has 2 N–H and O–H groups in total. The van der Waals surface area contributed by atoms with Crippen LogP contribution in [0, 0.1) is 10.1 Å². The Morgan fingerprint density at radius 3 is 2.76 bits per heavy atom. The Balaban J connectivity index is 0.00000576. The molecule has 0 atom stereocenters. The van der Waals surface area contributed by atoms with Gasteiger partial charge in [0.15, 0.2) is 5.96 Å². The molecule has 0 aromatic heterocycles. The van der Waals surface area contributed by atoms with Crippen LogP contribution in [-0.4, -0.2) is 63.2 Å². The van der Waals surface area contributed by atoms with Gasteiger partial charge in [0.2, 0.25) is 0 Å². The van der Waals surface area contributed by atoms with E-state index in [1.165, 1.54) is 6.07 Å². The van der Waals surface area contributed by atoms with Gasteiger partial charge in [0, 0.05) is 59.1 Å². The summed E-state index contributed by atoms with van der Waals surface area (Å²) in [6.07, 6.45) is 1.01. The second-order valence-electron chi connectivity index (χ2n) is 5.43. The first kappa shape index (κ1) is 23.5. The van der Waals surface area contributed by atoms with Crippen molar-refractivity contribution in [3.05, 3.63) is 39.9 Å². The molecule has 0 amide bonds. The van der Waals surface area contributed by atoms with Gasteiger partial charge < -0.3 is 20.3 Å². The molecule has 142 valence electrons. The van der Waals surface area contributed by atoms with Crippen molar-refractivity contribution in [3.63, 3.8) is 0 Å². The molecule has 25 heavy (non-hydrogen) atoms. The predicted octanol–water partition coefficient (Wildman–Crippen LogP) is 1.85. The maximum atomic E-state index is 10.8. The van der Waals surface area contributed by atoms with Crippen molar-refractivity contribution in [2.24, 2.45) is 4.99 Å². The lowest BCUT2D eigenvalue weighted by Gasteiger charge is -2.18. The third kappa shape index (κ3) is 10.2. The monoisotopic (exact) mass is 465 g/mol. The number of nitro benzene ring substituents is 1. The fourth-order valence-corrected chi connectivity index (χ4v) is 2.14. The third-order valence-corrected chi connectivity index (χ3v) is 3.48. The summed E-state index contributed by atoms with van der Waals surface area (Å²) in [7, 11) is 5.47. The minimum Gasteiger partial charge on any atom is -0.385 e. The van der Waals surface area contributed by atoms with Crippen LogP contribution < -0.4 is 10.6 Å². The number of nitro groups is 1. The molecular weight excluding hydrogens is 437 g/mol. The molecule has 0 heterocycles. The van der Waals surface area contributed by atoms with E-state index in [4.69, 9.17) is 4.74 Å². The Labute approximate surface area is 166 Å². The van der Waals surface area contributed by atoms with Crippen LogP contribution in [0.2, 0.25) is 0 Å². The van der Waals surface area contributed by atoms with E-state index in [2.05, 4.69) is 27.6 Å². The molecule has 0 aliphatic carbocycles. The molecule has 1 rings (SSSR count). The molecule has 0 aliphatic heterocycles. The number of hydrogen-bond acceptors (Lipinski definition) is 5. The van der Waals surface area contributed by atoms with Crippen molar-refractivity contribution in [1.82, 2.24) is 15.5 Å². The second-order valence-corrected chi connectivity index (χ2v) is 5.43. The molecule has 0 radical (unpaired) electrons. The Kier molecular flexibility index (Phi) is 13.0. The summed E-state index contributed by atoms with van der Waals surface area (Å²) < 4.78 is 5.04. The number of nitrogens with one attached hydrogen (secondary N) is 2. The molecule has 0 aliphatic rings. The van der Waals surface area contributed by atoms with Crippen molar-refractivity contribution in [2.45, 2.75) is 13.0 Å². The average molecular weight is 465 g/mol. The highest BCUT2D eigenvalue weighted by Crippen LogP contribution is 2.12. The van der Waals surface area contributed by atoms with Crippen molar-refractivity contribution >= 4 is 35.6 Å². The lowest BCUT2D eigenvalue weighted by atomic mass is 10.2. The number of ether oxygens (including phenoxy) is 1. The summed E-state index contributed by atoms with van der Waals surface area (Å²) in [5.74, 6) is 0.673. The van der Waals surface area contributed by atoms with Crippen LogP contribution in [-0.2, 0) is 11.3 Å². The second kappa shape index (κ2) is 13.8. The quantitative estimate of drug-likeness (QED) is 0.137. The van der Waals surface area contributed by atoms with E-state index in [0.29, 0.717) is 12.5 Å². The molecule has 0 spiro atoms. The molecule has 1 aromatic rings. The number of likely N-dealkylation sites (N-methyl/N-ethyl adjacent to an activating group) is 1. The van der Waals surface area contributed by atoms with Crippen LogP contribution in [0.1, 0.15) is 12.0 Å². The highest BCUT2D eigenvalue weighted by atomic mass is 127. The van der Waals surface area contributed by atoms with Gasteiger partial charge in [-0.25, -0.2) is 0 Å². The molecule has 1 aromatic carbocycles. The first-order chi connectivity index (χ1) is 11.6. The molecule has 0 bridgehead atoms. The standard InChI is InChI=1S/C16H27N5O3.HI/c1-17-16(18-8-10-20(2)9-5-11-24-3)19-13-14-6-4-7-15(12-14)21(22)23;/h4,6-7,12H,5,8-11,13H2,1-3H3,(H2,17,18,19);1H. The van der Waals surface area contributed by atoms with Crippen molar-refractivity contribution in [3.8, 4) is 0 Å². The van der Waals surface area contributed by atoms with Gasteiger partial charge in [-0.2, -0.15) is 0 Å². The number of halogens is 1. The maximum absolute atomic E-state index is 10.8. The van der Waals surface area contributed by atoms with Crippen LogP contribution in [0.15, 0.2) is 29.3 Å². The Hall–Kier alpha value is -1.46. The Morgan fingerprint density at radius 2 is 2.12 bits per heavy atom. The Bertz CT molecular complexity index is 542. The van der Waals surface area contributed by atoms with Crippen LogP contribution in [0.5, 0.6) is 0 Å². The zero-order valence-corrected chi connectivity index (χ0v) is 17.4. The number of guanidine groups is 1. The topological polar surface area (TPSA) is 92.0 Å². The number of non-ortho nitro benzene ring substituents is 1. The summed E-state index contributed by atoms with van der Waals surface area (Å²) in [6.45, 7) is 3.88.